The normalized spacial score (nSPS) is 23.9. The van der Waals surface area contributed by atoms with Gasteiger partial charge in [0.15, 0.2) is 0 Å². The quantitative estimate of drug-likeness (QED) is 0.788. The van der Waals surface area contributed by atoms with Gasteiger partial charge < -0.3 is 5.32 Å². The van der Waals surface area contributed by atoms with E-state index >= 15 is 0 Å². The van der Waals surface area contributed by atoms with Crippen molar-refractivity contribution in [3.8, 4) is 0 Å². The largest absolute Gasteiger partial charge is 0.310 e. The van der Waals surface area contributed by atoms with E-state index in [0.717, 1.165) is 18.0 Å². The van der Waals surface area contributed by atoms with E-state index in [1.54, 1.807) is 0 Å². The van der Waals surface area contributed by atoms with Gasteiger partial charge in [-0.25, -0.2) is 4.39 Å². The predicted molar refractivity (Wildman–Crippen MR) is 86.1 cm³/mol. The number of nitrogens with one attached hydrogen (secondary N) is 1. The molecule has 1 aromatic rings. The smallest absolute Gasteiger partial charge is 0.137 e. The Morgan fingerprint density at radius 2 is 1.95 bits per heavy atom. The Kier molecular flexibility index (Phi) is 5.25. The highest BCUT2D eigenvalue weighted by Gasteiger charge is 2.33. The minimum absolute atomic E-state index is 0.195. The molecule has 1 aliphatic carbocycles. The molecule has 2 atom stereocenters. The molecule has 1 fully saturated rings. The molecule has 1 aliphatic rings. The van der Waals surface area contributed by atoms with Gasteiger partial charge in [-0.2, -0.15) is 0 Å². The maximum Gasteiger partial charge on any atom is 0.137 e. The summed E-state index contributed by atoms with van der Waals surface area (Å²) in [7, 11) is 0. The molecule has 0 spiro atoms. The summed E-state index contributed by atoms with van der Waals surface area (Å²) < 4.78 is 13.8. The van der Waals surface area contributed by atoms with Crippen molar-refractivity contribution in [1.29, 1.82) is 0 Å². The fraction of sp³-hybridized carbons (Fsp3) is 0.647. The number of hydrogen-bond acceptors (Lipinski definition) is 1. The van der Waals surface area contributed by atoms with Gasteiger partial charge in [0.25, 0.3) is 0 Å². The lowest BCUT2D eigenvalue weighted by atomic mass is 9.69. The van der Waals surface area contributed by atoms with Gasteiger partial charge in [0.1, 0.15) is 5.82 Å². The first-order chi connectivity index (χ1) is 9.38. The lowest BCUT2D eigenvalue weighted by molar-refractivity contribution is 0.130. The number of halogens is 2. The van der Waals surface area contributed by atoms with E-state index in [1.165, 1.54) is 31.7 Å². The van der Waals surface area contributed by atoms with Crippen LogP contribution in [0.1, 0.15) is 52.0 Å². The van der Waals surface area contributed by atoms with Crippen LogP contribution >= 0.6 is 15.9 Å². The summed E-state index contributed by atoms with van der Waals surface area (Å²) in [5.41, 5.74) is 1.48. The van der Waals surface area contributed by atoms with Gasteiger partial charge in [-0.1, -0.05) is 39.7 Å². The van der Waals surface area contributed by atoms with E-state index in [0.29, 0.717) is 15.9 Å². The standard InChI is InChI=1S/C17H25BrFN/c1-17(2,3)13-6-4-5-7-16(13)20-11-12-8-9-15(19)14(18)10-12/h8-10,13,16,20H,4-7,11H2,1-3H3. The molecule has 2 rings (SSSR count). The molecule has 1 aromatic carbocycles. The lowest BCUT2D eigenvalue weighted by Crippen LogP contribution is -2.43. The van der Waals surface area contributed by atoms with Crippen molar-refractivity contribution in [2.24, 2.45) is 11.3 Å². The molecular formula is C17H25BrFN. The Balaban J connectivity index is 1.99. The molecule has 3 heteroatoms. The zero-order valence-corrected chi connectivity index (χ0v) is 14.3. The second-order valence-electron chi connectivity index (χ2n) is 6.99. The van der Waals surface area contributed by atoms with Gasteiger partial charge in [-0.05, 0) is 57.8 Å². The van der Waals surface area contributed by atoms with Crippen LogP contribution in [0.2, 0.25) is 0 Å². The zero-order chi connectivity index (χ0) is 14.8. The van der Waals surface area contributed by atoms with Crippen LogP contribution in [0.25, 0.3) is 0 Å². The van der Waals surface area contributed by atoms with Crippen molar-refractivity contribution in [1.82, 2.24) is 5.32 Å². The third-order valence-corrected chi connectivity index (χ3v) is 5.04. The molecule has 20 heavy (non-hydrogen) atoms. The average molecular weight is 342 g/mol. The van der Waals surface area contributed by atoms with Gasteiger partial charge >= 0.3 is 0 Å². The average Bonchev–Trinajstić information content (AvgIpc) is 2.39. The Morgan fingerprint density at radius 3 is 2.60 bits per heavy atom. The minimum Gasteiger partial charge on any atom is -0.310 e. The molecule has 0 heterocycles. The Labute approximate surface area is 130 Å². The van der Waals surface area contributed by atoms with Crippen LogP contribution in [0, 0.1) is 17.2 Å². The van der Waals surface area contributed by atoms with E-state index in [4.69, 9.17) is 0 Å². The van der Waals surface area contributed by atoms with Crippen LogP contribution in [0.4, 0.5) is 4.39 Å². The van der Waals surface area contributed by atoms with Gasteiger partial charge in [0.2, 0.25) is 0 Å². The van der Waals surface area contributed by atoms with Crippen LogP contribution < -0.4 is 5.32 Å². The second kappa shape index (κ2) is 6.57. The fourth-order valence-electron chi connectivity index (χ4n) is 3.31. The van der Waals surface area contributed by atoms with Crippen molar-refractivity contribution in [2.75, 3.05) is 0 Å². The van der Waals surface area contributed by atoms with E-state index in [1.807, 2.05) is 12.1 Å². The Bertz CT molecular complexity index is 453. The molecule has 0 bridgehead atoms. The molecule has 0 aromatic heterocycles. The van der Waals surface area contributed by atoms with Gasteiger partial charge in [-0.3, -0.25) is 0 Å². The minimum atomic E-state index is -0.195. The molecule has 112 valence electrons. The first-order valence-corrected chi connectivity index (χ1v) is 8.34. The van der Waals surface area contributed by atoms with Crippen molar-refractivity contribution >= 4 is 15.9 Å². The second-order valence-corrected chi connectivity index (χ2v) is 7.85. The third-order valence-electron chi connectivity index (χ3n) is 4.43. The van der Waals surface area contributed by atoms with E-state index in [9.17, 15) is 4.39 Å². The molecule has 2 unspecified atom stereocenters. The third kappa shape index (κ3) is 4.05. The highest BCUT2D eigenvalue weighted by molar-refractivity contribution is 9.10. The van der Waals surface area contributed by atoms with Crippen LogP contribution in [0.3, 0.4) is 0 Å². The van der Waals surface area contributed by atoms with Crippen LogP contribution in [-0.2, 0) is 6.54 Å². The maximum atomic E-state index is 13.2. The first kappa shape index (κ1) is 16.0. The van der Waals surface area contributed by atoms with Crippen molar-refractivity contribution in [3.05, 3.63) is 34.1 Å². The summed E-state index contributed by atoms with van der Waals surface area (Å²) in [6, 6.07) is 5.84. The van der Waals surface area contributed by atoms with E-state index < -0.39 is 0 Å². The van der Waals surface area contributed by atoms with E-state index in [2.05, 4.69) is 42.0 Å². The summed E-state index contributed by atoms with van der Waals surface area (Å²) in [6.45, 7) is 7.83. The van der Waals surface area contributed by atoms with E-state index in [-0.39, 0.29) is 5.82 Å². The maximum absolute atomic E-state index is 13.2. The van der Waals surface area contributed by atoms with Gasteiger partial charge in [-0.15, -0.1) is 0 Å². The highest BCUT2D eigenvalue weighted by Crippen LogP contribution is 2.38. The number of hydrogen-bond donors (Lipinski definition) is 1. The Morgan fingerprint density at radius 1 is 1.25 bits per heavy atom. The summed E-state index contributed by atoms with van der Waals surface area (Å²) >= 11 is 3.25. The zero-order valence-electron chi connectivity index (χ0n) is 12.7. The predicted octanol–water partition coefficient (Wildman–Crippen LogP) is 5.28. The van der Waals surface area contributed by atoms with Crippen molar-refractivity contribution in [3.63, 3.8) is 0 Å². The molecule has 0 saturated heterocycles. The summed E-state index contributed by atoms with van der Waals surface area (Å²) in [6.07, 6.45) is 5.23. The van der Waals surface area contributed by atoms with Crippen LogP contribution in [0.5, 0.6) is 0 Å². The number of benzene rings is 1. The van der Waals surface area contributed by atoms with Gasteiger partial charge in [0.05, 0.1) is 4.47 Å². The topological polar surface area (TPSA) is 12.0 Å². The summed E-state index contributed by atoms with van der Waals surface area (Å²) in [5, 5.41) is 3.70. The molecule has 0 amide bonds. The first-order valence-electron chi connectivity index (χ1n) is 7.55. The highest BCUT2D eigenvalue weighted by atomic mass is 79.9. The molecule has 1 nitrogen and oxygen atoms in total. The van der Waals surface area contributed by atoms with Crippen LogP contribution in [0.15, 0.2) is 22.7 Å². The van der Waals surface area contributed by atoms with Crippen molar-refractivity contribution < 1.29 is 4.39 Å². The summed E-state index contributed by atoms with van der Waals surface area (Å²) in [4.78, 5) is 0. The molecule has 0 radical (unpaired) electrons. The Hall–Kier alpha value is -0.410. The van der Waals surface area contributed by atoms with Gasteiger partial charge in [0, 0.05) is 12.6 Å². The lowest BCUT2D eigenvalue weighted by Gasteiger charge is -2.41. The summed E-state index contributed by atoms with van der Waals surface area (Å²) in [5.74, 6) is 0.527. The monoisotopic (exact) mass is 341 g/mol. The molecular weight excluding hydrogens is 317 g/mol. The van der Waals surface area contributed by atoms with Crippen molar-refractivity contribution in [2.45, 2.75) is 59.0 Å². The van der Waals surface area contributed by atoms with Crippen LogP contribution in [-0.4, -0.2) is 6.04 Å². The fourth-order valence-corrected chi connectivity index (χ4v) is 3.74. The number of rotatable bonds is 3. The molecule has 1 N–H and O–H groups in total. The SMILES string of the molecule is CC(C)(C)C1CCCCC1NCc1ccc(F)c(Br)c1. The molecule has 0 aliphatic heterocycles. The molecule has 1 saturated carbocycles.